The number of hydrogen-bond acceptors (Lipinski definition) is 7. The van der Waals surface area contributed by atoms with Gasteiger partial charge in [-0.15, -0.1) is 0 Å². The fourth-order valence-corrected chi connectivity index (χ4v) is 2.90. The van der Waals surface area contributed by atoms with Gasteiger partial charge in [-0.2, -0.15) is 0 Å². The maximum Gasteiger partial charge on any atom is 0.345 e. The molecule has 0 aliphatic carbocycles. The van der Waals surface area contributed by atoms with Gasteiger partial charge in [0.15, 0.2) is 18.1 Å². The summed E-state index contributed by atoms with van der Waals surface area (Å²) in [6, 6.07) is 2.26. The van der Waals surface area contributed by atoms with Crippen LogP contribution in [0.15, 0.2) is 12.1 Å². The Hall–Kier alpha value is -2.84. The van der Waals surface area contributed by atoms with E-state index in [0.717, 1.165) is 18.9 Å². The molecule has 0 saturated carbocycles. The molecule has 1 saturated heterocycles. The van der Waals surface area contributed by atoms with Crippen LogP contribution in [0, 0.1) is 16.0 Å². The van der Waals surface area contributed by atoms with Crippen LogP contribution in [-0.2, 0) is 9.53 Å². The van der Waals surface area contributed by atoms with Crippen LogP contribution in [0.3, 0.4) is 0 Å². The molecule has 142 valence electrons. The minimum Gasteiger partial charge on any atom is -0.493 e. The normalized spacial score (nSPS) is 16.7. The molecule has 1 aromatic rings. The van der Waals surface area contributed by atoms with Crippen molar-refractivity contribution in [2.24, 2.45) is 5.92 Å². The number of carbonyl (C=O) groups is 2. The van der Waals surface area contributed by atoms with Crippen LogP contribution < -0.4 is 9.47 Å². The number of amides is 1. The zero-order chi connectivity index (χ0) is 19.3. The Morgan fingerprint density at radius 2 is 1.92 bits per heavy atom. The van der Waals surface area contributed by atoms with E-state index >= 15 is 0 Å². The first-order valence-corrected chi connectivity index (χ1v) is 8.22. The Kier molecular flexibility index (Phi) is 6.37. The minimum absolute atomic E-state index is 0.120. The molecule has 1 aliphatic rings. The number of methoxy groups -OCH3 is 2. The highest BCUT2D eigenvalue weighted by molar-refractivity contribution is 5.96. The van der Waals surface area contributed by atoms with Crippen molar-refractivity contribution in [2.45, 2.75) is 19.8 Å². The molecule has 1 amide bonds. The summed E-state index contributed by atoms with van der Waals surface area (Å²) in [6.07, 6.45) is 1.96. The molecule has 9 nitrogen and oxygen atoms in total. The van der Waals surface area contributed by atoms with Crippen LogP contribution in [0.5, 0.6) is 11.5 Å². The maximum absolute atomic E-state index is 12.3. The van der Waals surface area contributed by atoms with Gasteiger partial charge < -0.3 is 19.1 Å². The van der Waals surface area contributed by atoms with Crippen LogP contribution in [0.1, 0.15) is 30.1 Å². The smallest absolute Gasteiger partial charge is 0.345 e. The lowest BCUT2D eigenvalue weighted by Gasteiger charge is -2.30. The molecule has 0 aromatic heterocycles. The number of nitro groups is 1. The molecule has 1 atom stereocenters. The topological polar surface area (TPSA) is 108 Å². The van der Waals surface area contributed by atoms with Gasteiger partial charge in [0.25, 0.3) is 11.6 Å². The molecule has 1 fully saturated rings. The second-order valence-corrected chi connectivity index (χ2v) is 6.14. The largest absolute Gasteiger partial charge is 0.493 e. The first-order chi connectivity index (χ1) is 12.4. The van der Waals surface area contributed by atoms with Gasteiger partial charge in [-0.05, 0) is 18.8 Å². The number of hydrogen-bond donors (Lipinski definition) is 0. The second-order valence-electron chi connectivity index (χ2n) is 6.14. The number of nitro benzene ring substituents is 1. The van der Waals surface area contributed by atoms with Crippen molar-refractivity contribution in [3.8, 4) is 11.5 Å². The molecule has 0 bridgehead atoms. The van der Waals surface area contributed by atoms with E-state index < -0.39 is 23.2 Å². The summed E-state index contributed by atoms with van der Waals surface area (Å²) in [5, 5.41) is 11.2. The number of carbonyl (C=O) groups excluding carboxylic acids is 2. The molecule has 1 aliphatic heterocycles. The monoisotopic (exact) mass is 366 g/mol. The second kappa shape index (κ2) is 8.50. The molecule has 0 spiro atoms. The van der Waals surface area contributed by atoms with E-state index in [1.807, 2.05) is 0 Å². The van der Waals surface area contributed by atoms with Crippen LogP contribution in [0.25, 0.3) is 0 Å². The van der Waals surface area contributed by atoms with Gasteiger partial charge in [-0.1, -0.05) is 6.92 Å². The van der Waals surface area contributed by atoms with Crippen molar-refractivity contribution >= 4 is 17.6 Å². The first-order valence-electron chi connectivity index (χ1n) is 8.22. The van der Waals surface area contributed by atoms with E-state index in [1.54, 1.807) is 4.90 Å². The Balaban J connectivity index is 2.13. The van der Waals surface area contributed by atoms with Crippen molar-refractivity contribution in [1.82, 2.24) is 4.90 Å². The Labute approximate surface area is 151 Å². The van der Waals surface area contributed by atoms with E-state index in [0.29, 0.717) is 19.0 Å². The fraction of sp³-hybridized carbons (Fsp3) is 0.529. The van der Waals surface area contributed by atoms with Gasteiger partial charge >= 0.3 is 5.97 Å². The first kappa shape index (κ1) is 19.5. The van der Waals surface area contributed by atoms with Gasteiger partial charge in [-0.25, -0.2) is 4.79 Å². The number of piperidine rings is 1. The number of ether oxygens (including phenoxy) is 3. The van der Waals surface area contributed by atoms with Gasteiger partial charge in [0.1, 0.15) is 5.56 Å². The molecule has 1 heterocycles. The van der Waals surface area contributed by atoms with Gasteiger partial charge in [0.2, 0.25) is 0 Å². The lowest BCUT2D eigenvalue weighted by molar-refractivity contribution is -0.385. The summed E-state index contributed by atoms with van der Waals surface area (Å²) >= 11 is 0. The molecule has 0 radical (unpaired) electrons. The lowest BCUT2D eigenvalue weighted by Crippen LogP contribution is -2.41. The van der Waals surface area contributed by atoms with E-state index in [9.17, 15) is 19.7 Å². The molecular weight excluding hydrogens is 344 g/mol. The number of benzene rings is 1. The van der Waals surface area contributed by atoms with Gasteiger partial charge in [0.05, 0.1) is 25.2 Å². The summed E-state index contributed by atoms with van der Waals surface area (Å²) in [5.74, 6) is -0.602. The standard InChI is InChI=1S/C17H22N2O7/c1-11-5-4-6-18(9-11)16(20)10-26-17(21)12-7-14(24-2)15(25-3)8-13(12)19(22)23/h7-8,11H,4-6,9-10H2,1-3H3/t11-/m1/s1. The van der Waals surface area contributed by atoms with E-state index in [1.165, 1.54) is 20.3 Å². The third-order valence-corrected chi connectivity index (χ3v) is 4.25. The number of likely N-dealkylation sites (tertiary alicyclic amines) is 1. The van der Waals surface area contributed by atoms with Crippen LogP contribution in [0.2, 0.25) is 0 Å². The number of nitrogens with zero attached hydrogens (tertiary/aromatic N) is 2. The molecule has 0 N–H and O–H groups in total. The van der Waals surface area contributed by atoms with Crippen LogP contribution >= 0.6 is 0 Å². The van der Waals surface area contributed by atoms with Crippen molar-refractivity contribution in [3.63, 3.8) is 0 Å². The quantitative estimate of drug-likeness (QED) is 0.430. The van der Waals surface area contributed by atoms with Crippen LogP contribution in [-0.4, -0.2) is 55.6 Å². The van der Waals surface area contributed by atoms with E-state index in [2.05, 4.69) is 6.92 Å². The Morgan fingerprint density at radius 3 is 2.50 bits per heavy atom. The predicted octanol–water partition coefficient (Wildman–Crippen LogP) is 2.03. The average molecular weight is 366 g/mol. The highest BCUT2D eigenvalue weighted by atomic mass is 16.6. The molecule has 0 unspecified atom stereocenters. The highest BCUT2D eigenvalue weighted by Crippen LogP contribution is 2.34. The van der Waals surface area contributed by atoms with Crippen molar-refractivity contribution in [1.29, 1.82) is 0 Å². The Bertz CT molecular complexity index is 705. The summed E-state index contributed by atoms with van der Waals surface area (Å²) in [6.45, 7) is 2.83. The third-order valence-electron chi connectivity index (χ3n) is 4.25. The number of esters is 1. The molecule has 2 rings (SSSR count). The lowest BCUT2D eigenvalue weighted by atomic mass is 10.0. The maximum atomic E-state index is 12.3. The summed E-state index contributed by atoms with van der Waals surface area (Å²) in [7, 11) is 2.68. The average Bonchev–Trinajstić information content (AvgIpc) is 2.64. The van der Waals surface area contributed by atoms with Crippen molar-refractivity contribution < 1.29 is 28.7 Å². The predicted molar refractivity (Wildman–Crippen MR) is 91.5 cm³/mol. The van der Waals surface area contributed by atoms with Crippen LogP contribution in [0.4, 0.5) is 5.69 Å². The third kappa shape index (κ3) is 4.41. The summed E-state index contributed by atoms with van der Waals surface area (Å²) in [5.41, 5.74) is -0.779. The fourth-order valence-electron chi connectivity index (χ4n) is 2.90. The summed E-state index contributed by atoms with van der Waals surface area (Å²) in [4.78, 5) is 36.7. The zero-order valence-corrected chi connectivity index (χ0v) is 15.0. The van der Waals surface area contributed by atoms with Gasteiger partial charge in [-0.3, -0.25) is 14.9 Å². The van der Waals surface area contributed by atoms with Gasteiger partial charge in [0, 0.05) is 19.2 Å². The molecule has 1 aromatic carbocycles. The SMILES string of the molecule is COc1cc(C(=O)OCC(=O)N2CCC[C@@H](C)C2)c([N+](=O)[O-])cc1OC. The van der Waals surface area contributed by atoms with Crippen molar-refractivity contribution in [3.05, 3.63) is 27.8 Å². The van der Waals surface area contributed by atoms with E-state index in [4.69, 9.17) is 14.2 Å². The zero-order valence-electron chi connectivity index (χ0n) is 15.0. The van der Waals surface area contributed by atoms with Crippen molar-refractivity contribution in [2.75, 3.05) is 33.9 Å². The Morgan fingerprint density at radius 1 is 1.27 bits per heavy atom. The highest BCUT2D eigenvalue weighted by Gasteiger charge is 2.27. The molecular formula is C17H22N2O7. The minimum atomic E-state index is -0.962. The van der Waals surface area contributed by atoms with E-state index in [-0.39, 0.29) is 23.0 Å². The number of rotatable bonds is 6. The molecule has 9 heteroatoms. The molecule has 26 heavy (non-hydrogen) atoms. The summed E-state index contributed by atoms with van der Waals surface area (Å²) < 4.78 is 15.1.